The van der Waals surface area contributed by atoms with E-state index in [9.17, 15) is 24.0 Å². The number of carbonyl (C=O) groups excluding carboxylic acids is 5. The minimum atomic E-state index is -1.05. The Morgan fingerprint density at radius 2 is 1.94 bits per heavy atom. The van der Waals surface area contributed by atoms with Gasteiger partial charge >= 0.3 is 0 Å². The SMILES string of the molecule is Cl.NC[C@H]1CCCN(C(=O)COc2cccc3c2C(=O)N(C2CCC(=O)NC2=O)C3=O)C1. The fraction of sp³-hybridized carbons (Fsp3) is 0.476. The van der Waals surface area contributed by atoms with E-state index >= 15 is 0 Å². The first-order valence-electron chi connectivity index (χ1n) is 10.4. The number of hydrogen-bond donors (Lipinski definition) is 2. The Hall–Kier alpha value is -2.98. The van der Waals surface area contributed by atoms with E-state index in [-0.39, 0.29) is 60.6 Å². The fourth-order valence-corrected chi connectivity index (χ4v) is 4.32. The van der Waals surface area contributed by atoms with E-state index in [1.165, 1.54) is 12.1 Å². The fourth-order valence-electron chi connectivity index (χ4n) is 4.32. The second kappa shape index (κ2) is 9.66. The van der Waals surface area contributed by atoms with Crippen molar-refractivity contribution in [3.8, 4) is 5.75 Å². The van der Waals surface area contributed by atoms with Gasteiger partial charge < -0.3 is 15.4 Å². The van der Waals surface area contributed by atoms with Gasteiger partial charge in [0, 0.05) is 19.5 Å². The Labute approximate surface area is 190 Å². The molecule has 3 aliphatic rings. The summed E-state index contributed by atoms with van der Waals surface area (Å²) in [7, 11) is 0. The highest BCUT2D eigenvalue weighted by atomic mass is 35.5. The molecule has 2 saturated heterocycles. The van der Waals surface area contributed by atoms with Gasteiger partial charge in [0.25, 0.3) is 17.7 Å². The molecule has 2 atom stereocenters. The number of hydrogen-bond acceptors (Lipinski definition) is 7. The standard InChI is InChI=1S/C21H24N4O6.ClH/c22-9-12-3-2-8-24(10-12)17(27)11-31-15-5-1-4-13-18(15)21(30)25(20(13)29)14-6-7-16(26)23-19(14)28;/h1,4-5,12,14H,2-3,6-11,22H2,(H,23,26,28);1H/t12-,14?;/m1./s1. The highest BCUT2D eigenvalue weighted by molar-refractivity contribution is 6.24. The molecule has 10 nitrogen and oxygen atoms in total. The van der Waals surface area contributed by atoms with Gasteiger partial charge in [0.2, 0.25) is 11.8 Å². The van der Waals surface area contributed by atoms with E-state index in [4.69, 9.17) is 10.5 Å². The van der Waals surface area contributed by atoms with Crippen LogP contribution in [0.3, 0.4) is 0 Å². The molecule has 0 spiro atoms. The average molecular weight is 465 g/mol. The van der Waals surface area contributed by atoms with Crippen LogP contribution < -0.4 is 15.8 Å². The smallest absolute Gasteiger partial charge is 0.266 e. The van der Waals surface area contributed by atoms with E-state index < -0.39 is 29.7 Å². The van der Waals surface area contributed by atoms with Crippen molar-refractivity contribution in [2.45, 2.75) is 31.7 Å². The van der Waals surface area contributed by atoms with Crippen LogP contribution in [0, 0.1) is 5.92 Å². The van der Waals surface area contributed by atoms with E-state index in [1.54, 1.807) is 11.0 Å². The first kappa shape index (κ1) is 23.7. The number of amides is 5. The third-order valence-corrected chi connectivity index (χ3v) is 5.99. The van der Waals surface area contributed by atoms with E-state index in [0.29, 0.717) is 19.6 Å². The molecule has 5 amide bonds. The summed E-state index contributed by atoms with van der Waals surface area (Å²) in [6, 6.07) is 3.50. The Morgan fingerprint density at radius 1 is 1.16 bits per heavy atom. The molecule has 1 aromatic carbocycles. The number of benzene rings is 1. The maximum absolute atomic E-state index is 13.0. The Morgan fingerprint density at radius 3 is 2.66 bits per heavy atom. The molecule has 3 N–H and O–H groups in total. The van der Waals surface area contributed by atoms with Gasteiger partial charge in [0.1, 0.15) is 11.8 Å². The van der Waals surface area contributed by atoms with Gasteiger partial charge in [-0.05, 0) is 43.9 Å². The van der Waals surface area contributed by atoms with Crippen LogP contribution in [0.4, 0.5) is 0 Å². The number of halogens is 1. The third-order valence-electron chi connectivity index (χ3n) is 5.99. The predicted molar refractivity (Wildman–Crippen MR) is 114 cm³/mol. The number of carbonyl (C=O) groups is 5. The maximum atomic E-state index is 13.0. The summed E-state index contributed by atoms with van der Waals surface area (Å²) in [6.07, 6.45) is 1.98. The maximum Gasteiger partial charge on any atom is 0.266 e. The zero-order chi connectivity index (χ0) is 22.1. The monoisotopic (exact) mass is 464 g/mol. The number of fused-ring (bicyclic) bond motifs is 1. The molecular formula is C21H25ClN4O6. The van der Waals surface area contributed by atoms with Crippen molar-refractivity contribution in [3.63, 3.8) is 0 Å². The first-order chi connectivity index (χ1) is 14.9. The molecule has 32 heavy (non-hydrogen) atoms. The summed E-state index contributed by atoms with van der Waals surface area (Å²) in [5.41, 5.74) is 5.86. The van der Waals surface area contributed by atoms with Crippen molar-refractivity contribution in [2.75, 3.05) is 26.2 Å². The van der Waals surface area contributed by atoms with Crippen molar-refractivity contribution in [1.29, 1.82) is 0 Å². The number of ether oxygens (including phenoxy) is 1. The first-order valence-corrected chi connectivity index (χ1v) is 10.4. The Kier molecular flexibility index (Phi) is 7.15. The van der Waals surface area contributed by atoms with Crippen LogP contribution in [-0.4, -0.2) is 71.6 Å². The minimum absolute atomic E-state index is 0. The second-order valence-electron chi connectivity index (χ2n) is 8.00. The van der Waals surface area contributed by atoms with Gasteiger partial charge in [-0.15, -0.1) is 12.4 Å². The van der Waals surface area contributed by atoms with Crippen LogP contribution in [0.25, 0.3) is 0 Å². The quantitative estimate of drug-likeness (QED) is 0.588. The summed E-state index contributed by atoms with van der Waals surface area (Å²) in [6.45, 7) is 1.45. The van der Waals surface area contributed by atoms with E-state index in [1.807, 2.05) is 0 Å². The van der Waals surface area contributed by atoms with Gasteiger partial charge in [0.15, 0.2) is 6.61 Å². The average Bonchev–Trinajstić information content (AvgIpc) is 3.03. The largest absolute Gasteiger partial charge is 0.483 e. The molecule has 0 radical (unpaired) electrons. The van der Waals surface area contributed by atoms with Gasteiger partial charge in [-0.3, -0.25) is 34.2 Å². The Bertz CT molecular complexity index is 968. The second-order valence-corrected chi connectivity index (χ2v) is 8.00. The minimum Gasteiger partial charge on any atom is -0.483 e. The number of nitrogens with two attached hydrogens (primary N) is 1. The zero-order valence-corrected chi connectivity index (χ0v) is 18.2. The molecule has 3 aliphatic heterocycles. The highest BCUT2D eigenvalue weighted by Gasteiger charge is 2.46. The third kappa shape index (κ3) is 4.33. The van der Waals surface area contributed by atoms with Crippen LogP contribution in [0.1, 0.15) is 46.4 Å². The van der Waals surface area contributed by atoms with Crippen molar-refractivity contribution in [1.82, 2.24) is 15.1 Å². The van der Waals surface area contributed by atoms with Crippen molar-refractivity contribution in [2.24, 2.45) is 11.7 Å². The summed E-state index contributed by atoms with van der Waals surface area (Å²) in [5, 5.41) is 2.16. The molecule has 0 aromatic heterocycles. The van der Waals surface area contributed by atoms with Crippen LogP contribution in [0.2, 0.25) is 0 Å². The molecule has 172 valence electrons. The van der Waals surface area contributed by atoms with Gasteiger partial charge in [-0.1, -0.05) is 6.07 Å². The summed E-state index contributed by atoms with van der Waals surface area (Å²) >= 11 is 0. The van der Waals surface area contributed by atoms with Crippen molar-refractivity contribution >= 4 is 41.9 Å². The summed E-state index contributed by atoms with van der Waals surface area (Å²) in [4.78, 5) is 64.6. The van der Waals surface area contributed by atoms with Crippen LogP contribution in [-0.2, 0) is 14.4 Å². The van der Waals surface area contributed by atoms with Gasteiger partial charge in [-0.25, -0.2) is 0 Å². The van der Waals surface area contributed by atoms with Crippen LogP contribution in [0.5, 0.6) is 5.75 Å². The highest BCUT2D eigenvalue weighted by Crippen LogP contribution is 2.33. The lowest BCUT2D eigenvalue weighted by Crippen LogP contribution is -2.54. The van der Waals surface area contributed by atoms with E-state index in [2.05, 4.69) is 5.32 Å². The lowest BCUT2D eigenvalue weighted by atomic mass is 9.98. The Balaban J connectivity index is 0.00000289. The molecule has 0 aliphatic carbocycles. The van der Waals surface area contributed by atoms with Gasteiger partial charge in [-0.2, -0.15) is 0 Å². The summed E-state index contributed by atoms with van der Waals surface area (Å²) < 4.78 is 5.65. The molecule has 0 bridgehead atoms. The zero-order valence-electron chi connectivity index (χ0n) is 17.4. The number of piperidine rings is 2. The van der Waals surface area contributed by atoms with E-state index in [0.717, 1.165) is 17.7 Å². The topological polar surface area (TPSA) is 139 Å². The molecule has 4 rings (SSSR count). The van der Waals surface area contributed by atoms with Gasteiger partial charge in [0.05, 0.1) is 11.1 Å². The lowest BCUT2D eigenvalue weighted by Gasteiger charge is -2.32. The number of imide groups is 2. The normalized spacial score (nSPS) is 22.9. The van der Waals surface area contributed by atoms with Crippen LogP contribution in [0.15, 0.2) is 18.2 Å². The number of rotatable bonds is 5. The molecule has 1 aromatic rings. The molecule has 3 heterocycles. The molecule has 11 heteroatoms. The summed E-state index contributed by atoms with van der Waals surface area (Å²) in [5.74, 6) is -2.23. The molecule has 2 fully saturated rings. The molecular weight excluding hydrogens is 440 g/mol. The number of nitrogens with one attached hydrogen (secondary N) is 1. The van der Waals surface area contributed by atoms with Crippen molar-refractivity contribution in [3.05, 3.63) is 29.3 Å². The van der Waals surface area contributed by atoms with Crippen LogP contribution >= 0.6 is 12.4 Å². The number of nitrogens with zero attached hydrogens (tertiary/aromatic N) is 2. The lowest BCUT2D eigenvalue weighted by molar-refractivity contribution is -0.136. The van der Waals surface area contributed by atoms with Crippen molar-refractivity contribution < 1.29 is 28.7 Å². The number of likely N-dealkylation sites (tertiary alicyclic amines) is 1. The predicted octanol–water partition coefficient (Wildman–Crippen LogP) is 0.0857. The molecule has 1 unspecified atom stereocenters. The molecule has 0 saturated carbocycles.